The van der Waals surface area contributed by atoms with E-state index in [9.17, 15) is 4.79 Å². The molecule has 174 valence electrons. The Bertz CT molecular complexity index is 758. The molecule has 0 aromatic carbocycles. The number of carbonyl (C=O) groups is 1. The molecule has 0 saturated carbocycles. The van der Waals surface area contributed by atoms with Gasteiger partial charge in [-0.1, -0.05) is 13.8 Å². The van der Waals surface area contributed by atoms with E-state index in [1.807, 2.05) is 16.6 Å². The normalized spacial score (nSPS) is 19.2. The van der Waals surface area contributed by atoms with Crippen molar-refractivity contribution in [1.82, 2.24) is 29.8 Å². The molecule has 3 heterocycles. The maximum Gasteiger partial charge on any atom is 0.239 e. The van der Waals surface area contributed by atoms with Gasteiger partial charge >= 0.3 is 0 Å². The Morgan fingerprint density at radius 1 is 1.03 bits per heavy atom. The molecule has 1 aromatic heterocycles. The van der Waals surface area contributed by atoms with Crippen molar-refractivity contribution in [2.24, 2.45) is 12.0 Å². The zero-order valence-electron chi connectivity index (χ0n) is 20.2. The van der Waals surface area contributed by atoms with Gasteiger partial charge < -0.3 is 15.1 Å². The van der Waals surface area contributed by atoms with Crippen LogP contribution >= 0.6 is 0 Å². The van der Waals surface area contributed by atoms with Gasteiger partial charge in [-0.3, -0.25) is 14.4 Å². The molecule has 1 amide bonds. The van der Waals surface area contributed by atoms with Crippen LogP contribution < -0.4 is 5.32 Å². The first-order valence-corrected chi connectivity index (χ1v) is 12.1. The molecule has 3 rings (SSSR count). The fourth-order valence-corrected chi connectivity index (χ4v) is 4.83. The molecule has 2 saturated heterocycles. The number of guanidine groups is 1. The number of aromatic nitrogens is 2. The molecule has 1 atom stereocenters. The fraction of sp³-hybridized carbons (Fsp3) is 0.783. The van der Waals surface area contributed by atoms with E-state index < -0.39 is 0 Å². The van der Waals surface area contributed by atoms with E-state index in [1.165, 1.54) is 11.3 Å². The number of piperazine rings is 1. The third kappa shape index (κ3) is 5.40. The number of aryl methyl sites for hydroxylation is 2. The highest BCUT2D eigenvalue weighted by atomic mass is 16.2. The van der Waals surface area contributed by atoms with Gasteiger partial charge in [0.05, 0.1) is 18.3 Å². The first kappa shape index (κ1) is 23.6. The van der Waals surface area contributed by atoms with E-state index >= 15 is 0 Å². The van der Waals surface area contributed by atoms with Crippen molar-refractivity contribution in [1.29, 1.82) is 0 Å². The first-order valence-electron chi connectivity index (χ1n) is 12.1. The molecule has 1 unspecified atom stereocenters. The van der Waals surface area contributed by atoms with Crippen molar-refractivity contribution < 1.29 is 4.79 Å². The van der Waals surface area contributed by atoms with E-state index in [1.54, 1.807) is 0 Å². The van der Waals surface area contributed by atoms with Crippen molar-refractivity contribution in [3.05, 3.63) is 17.0 Å². The quantitative estimate of drug-likeness (QED) is 0.525. The lowest BCUT2D eigenvalue weighted by Gasteiger charge is -2.39. The molecule has 1 N–H and O–H groups in total. The number of amides is 1. The lowest BCUT2D eigenvalue weighted by atomic mass is 10.1. The second kappa shape index (κ2) is 11.0. The van der Waals surface area contributed by atoms with Crippen LogP contribution in [0.2, 0.25) is 0 Å². The Labute approximate surface area is 187 Å². The topological polar surface area (TPSA) is 69.0 Å². The van der Waals surface area contributed by atoms with E-state index in [0.29, 0.717) is 12.5 Å². The van der Waals surface area contributed by atoms with Crippen LogP contribution in [0.25, 0.3) is 0 Å². The Hall–Kier alpha value is -2.09. The third-order valence-electron chi connectivity index (χ3n) is 6.69. The summed E-state index contributed by atoms with van der Waals surface area (Å²) < 4.78 is 2.01. The summed E-state index contributed by atoms with van der Waals surface area (Å²) in [6.07, 6.45) is 4.18. The molecule has 2 aliphatic heterocycles. The highest BCUT2D eigenvalue weighted by Gasteiger charge is 2.30. The van der Waals surface area contributed by atoms with Gasteiger partial charge in [0.25, 0.3) is 0 Å². The lowest BCUT2D eigenvalue weighted by molar-refractivity contribution is -0.135. The summed E-state index contributed by atoms with van der Waals surface area (Å²) in [5, 5.41) is 8.16. The van der Waals surface area contributed by atoms with E-state index in [2.05, 4.69) is 47.9 Å². The maximum atomic E-state index is 12.8. The standard InChI is InChI=1S/C23H41N7O/c1-6-20-19(21(7-2)27(5)26-20)17-25-23(24-8-3)30-15-13-28(14-16-30)18(4)22(31)29-11-9-10-12-29/h18H,6-17H2,1-5H3,(H,24,25). The van der Waals surface area contributed by atoms with Crippen LogP contribution in [0, 0.1) is 0 Å². The molecular formula is C23H41N7O. The monoisotopic (exact) mass is 431 g/mol. The molecule has 0 radical (unpaired) electrons. The van der Waals surface area contributed by atoms with E-state index in [0.717, 1.165) is 83.2 Å². The molecule has 1 aromatic rings. The lowest BCUT2D eigenvalue weighted by Crippen LogP contribution is -2.57. The van der Waals surface area contributed by atoms with Crippen molar-refractivity contribution in [2.75, 3.05) is 45.8 Å². The molecule has 0 aliphatic carbocycles. The Morgan fingerprint density at radius 3 is 2.29 bits per heavy atom. The van der Waals surface area contributed by atoms with E-state index in [4.69, 9.17) is 4.99 Å². The van der Waals surface area contributed by atoms with Gasteiger partial charge in [0.15, 0.2) is 5.96 Å². The average Bonchev–Trinajstić information content (AvgIpc) is 3.43. The highest BCUT2D eigenvalue weighted by molar-refractivity contribution is 5.82. The van der Waals surface area contributed by atoms with E-state index in [-0.39, 0.29) is 6.04 Å². The van der Waals surface area contributed by atoms with Crippen molar-refractivity contribution in [3.63, 3.8) is 0 Å². The van der Waals surface area contributed by atoms with Gasteiger partial charge in [0.2, 0.25) is 5.91 Å². The molecule has 8 nitrogen and oxygen atoms in total. The van der Waals surface area contributed by atoms with Crippen LogP contribution in [0.5, 0.6) is 0 Å². The molecule has 31 heavy (non-hydrogen) atoms. The number of nitrogens with zero attached hydrogens (tertiary/aromatic N) is 6. The van der Waals surface area contributed by atoms with Gasteiger partial charge in [-0.05, 0) is 39.5 Å². The fourth-order valence-electron chi connectivity index (χ4n) is 4.83. The average molecular weight is 432 g/mol. The SMILES string of the molecule is CCNC(=NCc1c(CC)nn(C)c1CC)N1CCN(C(C)C(=O)N2CCCC2)CC1. The van der Waals surface area contributed by atoms with Gasteiger partial charge in [0, 0.05) is 64.1 Å². The number of hydrogen-bond donors (Lipinski definition) is 1. The number of aliphatic imine (C=N–C) groups is 1. The minimum absolute atomic E-state index is 0.0330. The van der Waals surface area contributed by atoms with Crippen molar-refractivity contribution >= 4 is 11.9 Å². The van der Waals surface area contributed by atoms with Crippen molar-refractivity contribution in [3.8, 4) is 0 Å². The molecule has 2 aliphatic rings. The second-order valence-corrected chi connectivity index (χ2v) is 8.60. The predicted molar refractivity (Wildman–Crippen MR) is 125 cm³/mol. The summed E-state index contributed by atoms with van der Waals surface area (Å²) in [4.78, 5) is 24.5. The minimum atomic E-state index is -0.0330. The summed E-state index contributed by atoms with van der Waals surface area (Å²) in [5.74, 6) is 1.26. The third-order valence-corrected chi connectivity index (χ3v) is 6.69. The van der Waals surface area contributed by atoms with Crippen molar-refractivity contribution in [2.45, 2.75) is 66.0 Å². The van der Waals surface area contributed by atoms with Gasteiger partial charge in [-0.2, -0.15) is 5.10 Å². The molecule has 0 bridgehead atoms. The highest BCUT2D eigenvalue weighted by Crippen LogP contribution is 2.18. The smallest absolute Gasteiger partial charge is 0.239 e. The molecular weight excluding hydrogens is 390 g/mol. The Morgan fingerprint density at radius 2 is 1.71 bits per heavy atom. The van der Waals surface area contributed by atoms with Crippen LogP contribution in [0.3, 0.4) is 0 Å². The summed E-state index contributed by atoms with van der Waals surface area (Å²) in [7, 11) is 2.03. The molecule has 2 fully saturated rings. The second-order valence-electron chi connectivity index (χ2n) is 8.60. The maximum absolute atomic E-state index is 12.8. The zero-order chi connectivity index (χ0) is 22.4. The Kier molecular flexibility index (Phi) is 8.35. The summed E-state index contributed by atoms with van der Waals surface area (Å²) >= 11 is 0. The number of likely N-dealkylation sites (tertiary alicyclic amines) is 1. The Balaban J connectivity index is 1.63. The summed E-state index contributed by atoms with van der Waals surface area (Å²) in [5.41, 5.74) is 3.69. The van der Waals surface area contributed by atoms with Crippen LogP contribution in [-0.2, 0) is 31.2 Å². The predicted octanol–water partition coefficient (Wildman–Crippen LogP) is 1.64. The van der Waals surface area contributed by atoms with Crippen LogP contribution in [-0.4, -0.2) is 88.2 Å². The van der Waals surface area contributed by atoms with Crippen LogP contribution in [0.15, 0.2) is 4.99 Å². The number of rotatable bonds is 7. The number of nitrogens with one attached hydrogen (secondary N) is 1. The van der Waals surface area contributed by atoms with Crippen LogP contribution in [0.1, 0.15) is 57.5 Å². The van der Waals surface area contributed by atoms with Gasteiger partial charge in [0.1, 0.15) is 0 Å². The number of carbonyl (C=O) groups excluding carboxylic acids is 1. The van der Waals surface area contributed by atoms with Crippen LogP contribution in [0.4, 0.5) is 0 Å². The van der Waals surface area contributed by atoms with Gasteiger partial charge in [-0.15, -0.1) is 0 Å². The first-order chi connectivity index (χ1) is 15.0. The largest absolute Gasteiger partial charge is 0.357 e. The molecule has 0 spiro atoms. The zero-order valence-corrected chi connectivity index (χ0v) is 20.2. The van der Waals surface area contributed by atoms with Gasteiger partial charge in [-0.25, -0.2) is 4.99 Å². The minimum Gasteiger partial charge on any atom is -0.357 e. The number of hydrogen-bond acceptors (Lipinski definition) is 4. The summed E-state index contributed by atoms with van der Waals surface area (Å²) in [6, 6.07) is -0.0330. The molecule has 8 heteroatoms. The summed E-state index contributed by atoms with van der Waals surface area (Å²) in [6.45, 7) is 15.4.